The highest BCUT2D eigenvalue weighted by Crippen LogP contribution is 2.24. The van der Waals surface area contributed by atoms with Crippen LogP contribution in [0.4, 0.5) is 11.4 Å². The summed E-state index contributed by atoms with van der Waals surface area (Å²) < 4.78 is 10.9. The van der Waals surface area contributed by atoms with E-state index in [0.717, 1.165) is 10.8 Å². The van der Waals surface area contributed by atoms with Gasteiger partial charge in [0.2, 0.25) is 0 Å². The molecule has 0 bridgehead atoms. The normalized spacial score (nSPS) is 10.4. The zero-order valence-corrected chi connectivity index (χ0v) is 17.5. The lowest BCUT2D eigenvalue weighted by molar-refractivity contribution is -0.118. The molecule has 4 rings (SSSR count). The van der Waals surface area contributed by atoms with Gasteiger partial charge in [0.05, 0.1) is 12.8 Å². The predicted octanol–water partition coefficient (Wildman–Crippen LogP) is 5.12. The highest BCUT2D eigenvalue weighted by atomic mass is 16.5. The Morgan fingerprint density at radius 2 is 1.50 bits per heavy atom. The Hall–Kier alpha value is -4.32. The van der Waals surface area contributed by atoms with Crippen molar-refractivity contribution in [3.05, 3.63) is 96.6 Å². The van der Waals surface area contributed by atoms with Crippen molar-refractivity contribution in [2.24, 2.45) is 0 Å². The number of anilines is 2. The van der Waals surface area contributed by atoms with E-state index in [1.807, 2.05) is 54.6 Å². The maximum absolute atomic E-state index is 12.5. The number of nitrogens with one attached hydrogen (secondary N) is 2. The summed E-state index contributed by atoms with van der Waals surface area (Å²) in [4.78, 5) is 24.7. The molecule has 4 aromatic carbocycles. The molecule has 0 saturated heterocycles. The van der Waals surface area contributed by atoms with Crippen LogP contribution in [0.2, 0.25) is 0 Å². The number of hydrogen-bond acceptors (Lipinski definition) is 4. The van der Waals surface area contributed by atoms with E-state index in [0.29, 0.717) is 28.4 Å². The van der Waals surface area contributed by atoms with Crippen LogP contribution in [-0.2, 0) is 4.79 Å². The van der Waals surface area contributed by atoms with Gasteiger partial charge >= 0.3 is 0 Å². The first-order valence-electron chi connectivity index (χ1n) is 10.1. The van der Waals surface area contributed by atoms with Crippen molar-refractivity contribution >= 4 is 34.0 Å². The largest absolute Gasteiger partial charge is 0.495 e. The number of benzene rings is 4. The molecule has 2 amide bonds. The Morgan fingerprint density at radius 1 is 0.781 bits per heavy atom. The van der Waals surface area contributed by atoms with Crippen molar-refractivity contribution in [1.82, 2.24) is 0 Å². The van der Waals surface area contributed by atoms with Gasteiger partial charge < -0.3 is 20.1 Å². The summed E-state index contributed by atoms with van der Waals surface area (Å²) in [5, 5.41) is 7.74. The van der Waals surface area contributed by atoms with Crippen molar-refractivity contribution in [2.45, 2.75) is 0 Å². The van der Waals surface area contributed by atoms with Gasteiger partial charge in [0, 0.05) is 11.3 Å². The van der Waals surface area contributed by atoms with E-state index in [9.17, 15) is 9.59 Å². The zero-order valence-electron chi connectivity index (χ0n) is 17.5. The highest BCUT2D eigenvalue weighted by Gasteiger charge is 2.10. The standard InChI is InChI=1S/C26H22N2O4/c1-31-24-9-5-4-8-23(24)28-26(30)19-10-13-21(14-11-19)27-25(29)17-32-22-15-12-18-6-2-3-7-20(18)16-22/h2-16H,17H2,1H3,(H,27,29)(H,28,30). The number of rotatable bonds is 7. The van der Waals surface area contributed by atoms with Gasteiger partial charge in [-0.05, 0) is 59.3 Å². The van der Waals surface area contributed by atoms with E-state index in [1.165, 1.54) is 0 Å². The third-order valence-electron chi connectivity index (χ3n) is 4.88. The molecule has 0 radical (unpaired) electrons. The maximum Gasteiger partial charge on any atom is 0.262 e. The van der Waals surface area contributed by atoms with Crippen LogP contribution in [0.5, 0.6) is 11.5 Å². The Balaban J connectivity index is 1.32. The van der Waals surface area contributed by atoms with Crippen LogP contribution in [0.3, 0.4) is 0 Å². The number of amides is 2. The second-order valence-corrected chi connectivity index (χ2v) is 7.08. The van der Waals surface area contributed by atoms with Crippen LogP contribution in [0.15, 0.2) is 91.0 Å². The predicted molar refractivity (Wildman–Crippen MR) is 125 cm³/mol. The van der Waals surface area contributed by atoms with Gasteiger partial charge in [0.25, 0.3) is 11.8 Å². The first-order valence-corrected chi connectivity index (χ1v) is 10.1. The minimum Gasteiger partial charge on any atom is -0.495 e. The molecule has 0 aliphatic heterocycles. The molecule has 0 aliphatic rings. The number of para-hydroxylation sites is 2. The number of carbonyl (C=O) groups is 2. The van der Waals surface area contributed by atoms with E-state index >= 15 is 0 Å². The molecule has 2 N–H and O–H groups in total. The lowest BCUT2D eigenvalue weighted by Crippen LogP contribution is -2.20. The molecule has 4 aromatic rings. The van der Waals surface area contributed by atoms with E-state index in [2.05, 4.69) is 10.6 Å². The van der Waals surface area contributed by atoms with Crippen molar-refractivity contribution < 1.29 is 19.1 Å². The van der Waals surface area contributed by atoms with Crippen LogP contribution < -0.4 is 20.1 Å². The third-order valence-corrected chi connectivity index (χ3v) is 4.88. The van der Waals surface area contributed by atoms with Crippen LogP contribution >= 0.6 is 0 Å². The van der Waals surface area contributed by atoms with Crippen molar-refractivity contribution in [2.75, 3.05) is 24.4 Å². The van der Waals surface area contributed by atoms with Gasteiger partial charge in [-0.15, -0.1) is 0 Å². The average molecular weight is 426 g/mol. The van der Waals surface area contributed by atoms with Crippen LogP contribution in [0, 0.1) is 0 Å². The summed E-state index contributed by atoms with van der Waals surface area (Å²) in [6.07, 6.45) is 0. The summed E-state index contributed by atoms with van der Waals surface area (Å²) in [6, 6.07) is 27.5. The van der Waals surface area contributed by atoms with E-state index in [1.54, 1.807) is 43.5 Å². The third kappa shape index (κ3) is 5.05. The minimum atomic E-state index is -0.288. The summed E-state index contributed by atoms with van der Waals surface area (Å²) in [6.45, 7) is -0.117. The molecule has 32 heavy (non-hydrogen) atoms. The van der Waals surface area contributed by atoms with Crippen molar-refractivity contribution in [3.8, 4) is 11.5 Å². The summed E-state index contributed by atoms with van der Waals surface area (Å²) in [5.41, 5.74) is 1.62. The van der Waals surface area contributed by atoms with Gasteiger partial charge in [0.15, 0.2) is 6.61 Å². The van der Waals surface area contributed by atoms with Crippen LogP contribution in [0.25, 0.3) is 10.8 Å². The molecule has 0 fully saturated rings. The number of methoxy groups -OCH3 is 1. The fourth-order valence-corrected chi connectivity index (χ4v) is 3.25. The summed E-state index contributed by atoms with van der Waals surface area (Å²) in [7, 11) is 1.55. The van der Waals surface area contributed by atoms with Gasteiger partial charge in [0.1, 0.15) is 11.5 Å². The Bertz CT molecular complexity index is 1250. The lowest BCUT2D eigenvalue weighted by atomic mass is 10.1. The molecular formula is C26H22N2O4. The topological polar surface area (TPSA) is 76.7 Å². The molecule has 160 valence electrons. The smallest absolute Gasteiger partial charge is 0.262 e. The van der Waals surface area contributed by atoms with E-state index in [-0.39, 0.29) is 18.4 Å². The molecule has 0 heterocycles. The fourth-order valence-electron chi connectivity index (χ4n) is 3.25. The molecule has 6 nitrogen and oxygen atoms in total. The second kappa shape index (κ2) is 9.66. The number of ether oxygens (including phenoxy) is 2. The van der Waals surface area contributed by atoms with Crippen LogP contribution in [-0.4, -0.2) is 25.5 Å². The molecule has 0 aliphatic carbocycles. The fraction of sp³-hybridized carbons (Fsp3) is 0.0769. The molecule has 0 aromatic heterocycles. The van der Waals surface area contributed by atoms with E-state index in [4.69, 9.17) is 9.47 Å². The second-order valence-electron chi connectivity index (χ2n) is 7.08. The Labute approximate surface area is 185 Å². The zero-order chi connectivity index (χ0) is 22.3. The molecular weight excluding hydrogens is 404 g/mol. The average Bonchev–Trinajstić information content (AvgIpc) is 2.83. The molecule has 0 atom stereocenters. The monoisotopic (exact) mass is 426 g/mol. The Kier molecular flexibility index (Phi) is 6.32. The summed E-state index contributed by atoms with van der Waals surface area (Å²) >= 11 is 0. The van der Waals surface area contributed by atoms with Crippen molar-refractivity contribution in [3.63, 3.8) is 0 Å². The first-order chi connectivity index (χ1) is 15.6. The molecule has 0 saturated carbocycles. The highest BCUT2D eigenvalue weighted by molar-refractivity contribution is 6.05. The van der Waals surface area contributed by atoms with E-state index < -0.39 is 0 Å². The minimum absolute atomic E-state index is 0.117. The SMILES string of the molecule is COc1ccccc1NC(=O)c1ccc(NC(=O)COc2ccc3ccccc3c2)cc1. The lowest BCUT2D eigenvalue weighted by Gasteiger charge is -2.11. The van der Waals surface area contributed by atoms with Crippen molar-refractivity contribution in [1.29, 1.82) is 0 Å². The van der Waals surface area contributed by atoms with Gasteiger partial charge in [-0.1, -0.05) is 42.5 Å². The van der Waals surface area contributed by atoms with Gasteiger partial charge in [-0.25, -0.2) is 0 Å². The molecule has 6 heteroatoms. The summed E-state index contributed by atoms with van der Waals surface area (Å²) in [5.74, 6) is 0.648. The number of carbonyl (C=O) groups excluding carboxylic acids is 2. The Morgan fingerprint density at radius 3 is 2.28 bits per heavy atom. The molecule has 0 unspecified atom stereocenters. The van der Waals surface area contributed by atoms with Gasteiger partial charge in [-0.2, -0.15) is 0 Å². The molecule has 0 spiro atoms. The van der Waals surface area contributed by atoms with Gasteiger partial charge in [-0.3, -0.25) is 9.59 Å². The maximum atomic E-state index is 12.5. The van der Waals surface area contributed by atoms with Crippen LogP contribution in [0.1, 0.15) is 10.4 Å². The first kappa shape index (κ1) is 20.9. The quantitative estimate of drug-likeness (QED) is 0.430. The number of fused-ring (bicyclic) bond motifs is 1. The number of hydrogen-bond donors (Lipinski definition) is 2.